The third-order valence-electron chi connectivity index (χ3n) is 2.24. The predicted molar refractivity (Wildman–Crippen MR) is 70.1 cm³/mol. The van der Waals surface area contributed by atoms with Crippen molar-refractivity contribution in [2.75, 3.05) is 18.6 Å². The summed E-state index contributed by atoms with van der Waals surface area (Å²) >= 11 is 1.29. The monoisotopic (exact) mass is 295 g/mol. The Hall–Kier alpha value is -0.660. The molecule has 0 heterocycles. The largest absolute Gasteiger partial charge is 0.215 e. The Kier molecular flexibility index (Phi) is 5.55. The highest BCUT2D eigenvalue weighted by atomic mass is 32.2. The van der Waals surface area contributed by atoms with E-state index in [0.717, 1.165) is 6.26 Å². The van der Waals surface area contributed by atoms with Gasteiger partial charge in [0.2, 0.25) is 10.0 Å². The molecule has 18 heavy (non-hydrogen) atoms. The van der Waals surface area contributed by atoms with Crippen molar-refractivity contribution in [3.05, 3.63) is 35.4 Å². The zero-order chi connectivity index (χ0) is 13.8. The molecule has 0 spiro atoms. The average Bonchev–Trinajstić information content (AvgIpc) is 2.23. The van der Waals surface area contributed by atoms with Gasteiger partial charge in [-0.25, -0.2) is 21.9 Å². The van der Waals surface area contributed by atoms with Gasteiger partial charge in [-0.2, -0.15) is 11.8 Å². The summed E-state index contributed by atoms with van der Waals surface area (Å²) in [6.07, 6.45) is 1.07. The molecule has 3 nitrogen and oxygen atoms in total. The molecule has 1 N–H and O–H groups in total. The highest BCUT2D eigenvalue weighted by Crippen LogP contribution is 2.31. The molecule has 1 rings (SSSR count). The van der Waals surface area contributed by atoms with Crippen LogP contribution in [0.4, 0.5) is 8.78 Å². The van der Waals surface area contributed by atoms with Gasteiger partial charge in [-0.05, 0) is 19.1 Å². The highest BCUT2D eigenvalue weighted by molar-refractivity contribution is 7.99. The Bertz CT molecular complexity index is 486. The van der Waals surface area contributed by atoms with Crippen LogP contribution in [0.25, 0.3) is 0 Å². The fourth-order valence-corrected chi connectivity index (χ4v) is 3.01. The first-order chi connectivity index (χ1) is 8.31. The van der Waals surface area contributed by atoms with Crippen LogP contribution >= 0.6 is 11.8 Å². The van der Waals surface area contributed by atoms with Crippen LogP contribution in [0.15, 0.2) is 18.2 Å². The summed E-state index contributed by atoms with van der Waals surface area (Å²) in [5.41, 5.74) is 0.0295. The lowest BCUT2D eigenvalue weighted by Crippen LogP contribution is -2.24. The summed E-state index contributed by atoms with van der Waals surface area (Å²) in [6.45, 7) is 1.93. The summed E-state index contributed by atoms with van der Waals surface area (Å²) in [4.78, 5) is 0. The normalized spacial score (nSPS) is 13.6. The maximum atomic E-state index is 13.4. The van der Waals surface area contributed by atoms with E-state index in [4.69, 9.17) is 0 Å². The molecule has 1 atom stereocenters. The second-order valence-electron chi connectivity index (χ2n) is 3.81. The van der Waals surface area contributed by atoms with Crippen LogP contribution in [0.1, 0.15) is 17.7 Å². The Morgan fingerprint density at radius 1 is 1.33 bits per heavy atom. The number of hydrogen-bond acceptors (Lipinski definition) is 3. The maximum absolute atomic E-state index is 13.4. The van der Waals surface area contributed by atoms with E-state index in [0.29, 0.717) is 5.75 Å². The second kappa shape index (κ2) is 6.49. The fourth-order valence-electron chi connectivity index (χ4n) is 1.45. The van der Waals surface area contributed by atoms with Gasteiger partial charge in [0.05, 0.1) is 6.26 Å². The second-order valence-corrected chi connectivity index (χ2v) is 7.10. The number of sulfonamides is 1. The summed E-state index contributed by atoms with van der Waals surface area (Å²) < 4.78 is 50.8. The summed E-state index contributed by atoms with van der Waals surface area (Å²) in [6, 6.07) is 3.74. The van der Waals surface area contributed by atoms with Gasteiger partial charge in [-0.15, -0.1) is 0 Å². The van der Waals surface area contributed by atoms with Gasteiger partial charge in [-0.1, -0.05) is 6.07 Å². The molecular formula is C11H15F2NO2S2. The van der Waals surface area contributed by atoms with Crippen molar-refractivity contribution in [2.45, 2.75) is 12.2 Å². The van der Waals surface area contributed by atoms with Crippen molar-refractivity contribution in [1.82, 2.24) is 4.72 Å². The lowest BCUT2D eigenvalue weighted by Gasteiger charge is -2.13. The minimum Gasteiger partial charge on any atom is -0.215 e. The molecule has 0 unspecified atom stereocenters. The average molecular weight is 295 g/mol. The smallest absolute Gasteiger partial charge is 0.208 e. The standard InChI is InChI=1S/C11H15F2NO2S2/c1-8(17-7-6-14-18(2,15)16)11-9(12)4-3-5-10(11)13/h3-5,8,14H,6-7H2,1-2H3/t8-/m1/s1. The van der Waals surface area contributed by atoms with Gasteiger partial charge < -0.3 is 0 Å². The summed E-state index contributed by atoms with van der Waals surface area (Å²) in [7, 11) is -3.21. The number of hydrogen-bond donors (Lipinski definition) is 1. The molecule has 7 heteroatoms. The van der Waals surface area contributed by atoms with Gasteiger partial charge in [0.15, 0.2) is 0 Å². The number of halogens is 2. The molecule has 0 aliphatic heterocycles. The van der Waals surface area contributed by atoms with E-state index in [2.05, 4.69) is 4.72 Å². The van der Waals surface area contributed by atoms with Crippen molar-refractivity contribution in [1.29, 1.82) is 0 Å². The van der Waals surface area contributed by atoms with Crippen LogP contribution in [-0.2, 0) is 10.0 Å². The number of thioether (sulfide) groups is 1. The van der Waals surface area contributed by atoms with Gasteiger partial charge in [0.1, 0.15) is 11.6 Å². The molecule has 0 bridgehead atoms. The third kappa shape index (κ3) is 4.91. The Morgan fingerprint density at radius 3 is 2.39 bits per heavy atom. The Labute approximate surface area is 110 Å². The predicted octanol–water partition coefficient (Wildman–Crippen LogP) is 2.31. The molecule has 0 amide bonds. The first-order valence-corrected chi connectivity index (χ1v) is 8.25. The van der Waals surface area contributed by atoms with Gasteiger partial charge in [0, 0.05) is 23.1 Å². The maximum Gasteiger partial charge on any atom is 0.208 e. The molecule has 1 aromatic carbocycles. The topological polar surface area (TPSA) is 46.2 Å². The minimum atomic E-state index is -3.21. The molecule has 0 radical (unpaired) electrons. The van der Waals surface area contributed by atoms with Crippen molar-refractivity contribution < 1.29 is 17.2 Å². The van der Waals surface area contributed by atoms with Crippen molar-refractivity contribution in [2.24, 2.45) is 0 Å². The van der Waals surface area contributed by atoms with E-state index in [9.17, 15) is 17.2 Å². The Morgan fingerprint density at radius 2 is 1.89 bits per heavy atom. The van der Waals surface area contributed by atoms with E-state index >= 15 is 0 Å². The lowest BCUT2D eigenvalue weighted by molar-refractivity contribution is 0.557. The molecule has 0 saturated carbocycles. The highest BCUT2D eigenvalue weighted by Gasteiger charge is 2.16. The van der Waals surface area contributed by atoms with E-state index in [1.807, 2.05) is 0 Å². The van der Waals surface area contributed by atoms with Crippen molar-refractivity contribution >= 4 is 21.8 Å². The van der Waals surface area contributed by atoms with Crippen LogP contribution in [0.5, 0.6) is 0 Å². The van der Waals surface area contributed by atoms with Crippen LogP contribution in [0.3, 0.4) is 0 Å². The number of benzene rings is 1. The SMILES string of the molecule is C[C@@H](SCCNS(C)(=O)=O)c1c(F)cccc1F. The zero-order valence-electron chi connectivity index (χ0n) is 10.1. The summed E-state index contributed by atoms with van der Waals surface area (Å²) in [5, 5.41) is -0.368. The van der Waals surface area contributed by atoms with Crippen molar-refractivity contribution in [3.8, 4) is 0 Å². The van der Waals surface area contributed by atoms with E-state index in [1.165, 1.54) is 30.0 Å². The first kappa shape index (κ1) is 15.4. The van der Waals surface area contributed by atoms with Crippen LogP contribution in [0, 0.1) is 11.6 Å². The lowest BCUT2D eigenvalue weighted by atomic mass is 10.1. The molecule has 0 fully saturated rings. The van der Waals surface area contributed by atoms with Gasteiger partial charge in [0.25, 0.3) is 0 Å². The minimum absolute atomic E-state index is 0.0295. The van der Waals surface area contributed by atoms with Crippen LogP contribution in [-0.4, -0.2) is 27.0 Å². The molecule has 0 saturated heterocycles. The van der Waals surface area contributed by atoms with Gasteiger partial charge >= 0.3 is 0 Å². The van der Waals surface area contributed by atoms with Gasteiger partial charge in [-0.3, -0.25) is 0 Å². The van der Waals surface area contributed by atoms with E-state index in [-0.39, 0.29) is 17.4 Å². The third-order valence-corrected chi connectivity index (χ3v) is 4.14. The molecule has 0 aliphatic rings. The van der Waals surface area contributed by atoms with Crippen LogP contribution in [0.2, 0.25) is 0 Å². The van der Waals surface area contributed by atoms with E-state index < -0.39 is 21.7 Å². The fraction of sp³-hybridized carbons (Fsp3) is 0.455. The zero-order valence-corrected chi connectivity index (χ0v) is 11.7. The molecule has 0 aromatic heterocycles. The summed E-state index contributed by atoms with van der Waals surface area (Å²) in [5.74, 6) is -0.709. The first-order valence-electron chi connectivity index (χ1n) is 5.31. The van der Waals surface area contributed by atoms with Crippen molar-refractivity contribution in [3.63, 3.8) is 0 Å². The quantitative estimate of drug-likeness (QED) is 0.819. The molecule has 1 aromatic rings. The molecular weight excluding hydrogens is 280 g/mol. The van der Waals surface area contributed by atoms with E-state index in [1.54, 1.807) is 6.92 Å². The molecule has 0 aliphatic carbocycles. The number of nitrogens with one attached hydrogen (secondary N) is 1. The molecule has 102 valence electrons. The Balaban J connectivity index is 2.53. The van der Waals surface area contributed by atoms with Crippen LogP contribution < -0.4 is 4.72 Å². The number of rotatable bonds is 6.